The van der Waals surface area contributed by atoms with Crippen LogP contribution in [-0.4, -0.2) is 9.97 Å². The van der Waals surface area contributed by atoms with Gasteiger partial charge in [-0.3, -0.25) is 0 Å². The number of H-pyrrole nitrogens is 1. The molecule has 0 saturated carbocycles. The summed E-state index contributed by atoms with van der Waals surface area (Å²) in [4.78, 5) is 7.26. The molecule has 0 aliphatic heterocycles. The Bertz CT molecular complexity index is 672. The monoisotopic (exact) mass is 264 g/mol. The molecule has 1 aromatic heterocycles. The van der Waals surface area contributed by atoms with Crippen molar-refractivity contribution in [3.05, 3.63) is 72.3 Å². The summed E-state index contributed by atoms with van der Waals surface area (Å²) >= 11 is 0. The van der Waals surface area contributed by atoms with Crippen LogP contribution in [-0.2, 0) is 6.61 Å². The van der Waals surface area contributed by atoms with Crippen molar-refractivity contribution < 1.29 is 4.74 Å². The van der Waals surface area contributed by atoms with Gasteiger partial charge in [-0.15, -0.1) is 0 Å². The van der Waals surface area contributed by atoms with Crippen molar-refractivity contribution in [1.29, 1.82) is 0 Å². The lowest BCUT2D eigenvalue weighted by Crippen LogP contribution is -1.97. The van der Waals surface area contributed by atoms with Crippen LogP contribution in [0.4, 0.5) is 0 Å². The summed E-state index contributed by atoms with van der Waals surface area (Å²) in [7, 11) is 0. The highest BCUT2D eigenvalue weighted by Crippen LogP contribution is 2.22. The number of nitrogens with one attached hydrogen (secondary N) is 1. The summed E-state index contributed by atoms with van der Waals surface area (Å²) in [6, 6.07) is 18.4. The summed E-state index contributed by atoms with van der Waals surface area (Å²) in [5.41, 5.74) is 4.39. The first-order chi connectivity index (χ1) is 9.83. The molecule has 0 fully saturated rings. The van der Waals surface area contributed by atoms with E-state index in [0.717, 1.165) is 17.1 Å². The second-order valence-corrected chi connectivity index (χ2v) is 4.65. The van der Waals surface area contributed by atoms with Gasteiger partial charge < -0.3 is 9.72 Å². The quantitative estimate of drug-likeness (QED) is 0.774. The minimum atomic E-state index is 0.486. The molecule has 100 valence electrons. The molecule has 0 atom stereocenters. The molecule has 0 saturated heterocycles. The van der Waals surface area contributed by atoms with Gasteiger partial charge in [0.15, 0.2) is 0 Å². The van der Waals surface area contributed by atoms with E-state index in [0.29, 0.717) is 6.61 Å². The molecule has 2 aromatic carbocycles. The van der Waals surface area contributed by atoms with Gasteiger partial charge in [0.25, 0.3) is 0 Å². The van der Waals surface area contributed by atoms with Crippen LogP contribution in [0.15, 0.2) is 60.9 Å². The Kier molecular flexibility index (Phi) is 3.50. The van der Waals surface area contributed by atoms with Crippen LogP contribution in [0.2, 0.25) is 0 Å². The van der Waals surface area contributed by atoms with E-state index in [9.17, 15) is 0 Å². The Labute approximate surface area is 118 Å². The van der Waals surface area contributed by atoms with Crippen LogP contribution in [0.5, 0.6) is 5.75 Å². The van der Waals surface area contributed by atoms with Crippen molar-refractivity contribution in [3.63, 3.8) is 0 Å². The number of ether oxygens (including phenoxy) is 1. The van der Waals surface area contributed by atoms with Crippen LogP contribution in [0.3, 0.4) is 0 Å². The van der Waals surface area contributed by atoms with Crippen molar-refractivity contribution in [2.45, 2.75) is 13.5 Å². The van der Waals surface area contributed by atoms with Gasteiger partial charge in [-0.1, -0.05) is 42.5 Å². The fraction of sp³-hybridized carbons (Fsp3) is 0.118. The van der Waals surface area contributed by atoms with Gasteiger partial charge >= 0.3 is 0 Å². The molecule has 0 aliphatic rings. The summed E-state index contributed by atoms with van der Waals surface area (Å²) in [5, 5.41) is 0. The second-order valence-electron chi connectivity index (χ2n) is 4.65. The maximum Gasteiger partial charge on any atom is 0.132 e. The number of benzene rings is 2. The first kappa shape index (κ1) is 12.5. The van der Waals surface area contributed by atoms with Crippen LogP contribution in [0, 0.1) is 6.92 Å². The highest BCUT2D eigenvalue weighted by Gasteiger charge is 2.02. The number of nitrogens with zero attached hydrogens (tertiary/aromatic N) is 1. The number of hydrogen-bond acceptors (Lipinski definition) is 2. The summed E-state index contributed by atoms with van der Waals surface area (Å²) in [6.07, 6.45) is 1.69. The van der Waals surface area contributed by atoms with Crippen LogP contribution in [0.1, 0.15) is 11.4 Å². The minimum Gasteiger partial charge on any atom is -0.487 e. The maximum absolute atomic E-state index is 5.74. The smallest absolute Gasteiger partial charge is 0.132 e. The molecule has 0 amide bonds. The topological polar surface area (TPSA) is 37.9 Å². The lowest BCUT2D eigenvalue weighted by atomic mass is 10.1. The van der Waals surface area contributed by atoms with Crippen molar-refractivity contribution in [3.8, 4) is 16.9 Å². The molecule has 3 nitrogen and oxygen atoms in total. The van der Waals surface area contributed by atoms with Crippen molar-refractivity contribution in [2.75, 3.05) is 0 Å². The third kappa shape index (κ3) is 2.72. The Morgan fingerprint density at radius 3 is 2.30 bits per heavy atom. The zero-order chi connectivity index (χ0) is 13.8. The van der Waals surface area contributed by atoms with E-state index in [1.165, 1.54) is 11.1 Å². The zero-order valence-electron chi connectivity index (χ0n) is 11.3. The average molecular weight is 264 g/mol. The first-order valence-corrected chi connectivity index (χ1v) is 6.60. The van der Waals surface area contributed by atoms with E-state index < -0.39 is 0 Å². The molecule has 20 heavy (non-hydrogen) atoms. The van der Waals surface area contributed by atoms with Crippen LogP contribution >= 0.6 is 0 Å². The number of rotatable bonds is 4. The van der Waals surface area contributed by atoms with Gasteiger partial charge in [-0.05, 0) is 30.2 Å². The van der Waals surface area contributed by atoms with Crippen molar-refractivity contribution >= 4 is 0 Å². The summed E-state index contributed by atoms with van der Waals surface area (Å²) < 4.78 is 5.74. The highest BCUT2D eigenvalue weighted by molar-refractivity contribution is 5.63. The standard InChI is InChI=1S/C17H16N2O/c1-13-17(19-12-18-13)11-20-16-9-7-15(8-10-16)14-5-3-2-4-6-14/h2-10,12H,11H2,1H3,(H,18,19). The number of aromatic nitrogens is 2. The molecule has 3 rings (SSSR count). The summed E-state index contributed by atoms with van der Waals surface area (Å²) in [6.45, 7) is 2.48. The van der Waals surface area contributed by atoms with Gasteiger partial charge in [-0.25, -0.2) is 4.98 Å². The van der Waals surface area contributed by atoms with Gasteiger partial charge in [-0.2, -0.15) is 0 Å². The molecule has 1 N–H and O–H groups in total. The molecule has 3 aromatic rings. The van der Waals surface area contributed by atoms with E-state index in [1.54, 1.807) is 6.33 Å². The van der Waals surface area contributed by atoms with E-state index in [-0.39, 0.29) is 0 Å². The highest BCUT2D eigenvalue weighted by atomic mass is 16.5. The number of hydrogen-bond donors (Lipinski definition) is 1. The number of aryl methyl sites for hydroxylation is 1. The molecule has 0 aliphatic carbocycles. The summed E-state index contributed by atoms with van der Waals surface area (Å²) in [5.74, 6) is 0.854. The Morgan fingerprint density at radius 1 is 0.950 bits per heavy atom. The van der Waals surface area contributed by atoms with E-state index in [1.807, 2.05) is 37.3 Å². The predicted octanol–water partition coefficient (Wildman–Crippen LogP) is 3.96. The van der Waals surface area contributed by atoms with Crippen LogP contribution in [0.25, 0.3) is 11.1 Å². The van der Waals surface area contributed by atoms with Crippen LogP contribution < -0.4 is 4.74 Å². The fourth-order valence-electron chi connectivity index (χ4n) is 2.06. The zero-order valence-corrected chi connectivity index (χ0v) is 11.3. The molecule has 0 radical (unpaired) electrons. The lowest BCUT2D eigenvalue weighted by Gasteiger charge is -2.06. The largest absolute Gasteiger partial charge is 0.487 e. The van der Waals surface area contributed by atoms with E-state index in [2.05, 4.69) is 34.2 Å². The SMILES string of the molecule is Cc1[nH]cnc1COc1ccc(-c2ccccc2)cc1. The number of imidazole rings is 1. The van der Waals surface area contributed by atoms with E-state index in [4.69, 9.17) is 4.74 Å². The molecular weight excluding hydrogens is 248 g/mol. The van der Waals surface area contributed by atoms with E-state index >= 15 is 0 Å². The Balaban J connectivity index is 1.69. The van der Waals surface area contributed by atoms with Gasteiger partial charge in [0.1, 0.15) is 12.4 Å². The lowest BCUT2D eigenvalue weighted by molar-refractivity contribution is 0.301. The Morgan fingerprint density at radius 2 is 1.65 bits per heavy atom. The molecule has 3 heteroatoms. The molecule has 0 spiro atoms. The average Bonchev–Trinajstić information content (AvgIpc) is 2.92. The number of aromatic amines is 1. The van der Waals surface area contributed by atoms with Crippen molar-refractivity contribution in [2.24, 2.45) is 0 Å². The Hall–Kier alpha value is -2.55. The molecule has 1 heterocycles. The fourth-order valence-corrected chi connectivity index (χ4v) is 2.06. The second kappa shape index (κ2) is 5.61. The third-order valence-electron chi connectivity index (χ3n) is 3.27. The van der Waals surface area contributed by atoms with Crippen molar-refractivity contribution in [1.82, 2.24) is 9.97 Å². The molecule has 0 unspecified atom stereocenters. The predicted molar refractivity (Wildman–Crippen MR) is 79.5 cm³/mol. The molecular formula is C17H16N2O. The van der Waals surface area contributed by atoms with Gasteiger partial charge in [0.05, 0.1) is 12.0 Å². The van der Waals surface area contributed by atoms with Gasteiger partial charge in [0, 0.05) is 5.69 Å². The first-order valence-electron chi connectivity index (χ1n) is 6.60. The maximum atomic E-state index is 5.74. The molecule has 0 bridgehead atoms. The minimum absolute atomic E-state index is 0.486. The van der Waals surface area contributed by atoms with Gasteiger partial charge in [0.2, 0.25) is 0 Å². The third-order valence-corrected chi connectivity index (χ3v) is 3.27. The normalized spacial score (nSPS) is 10.4.